The number of aliphatic hydroxyl groups is 2. The molecule has 9 nitrogen and oxygen atoms in total. The average molecular weight is 319 g/mol. The Bertz CT molecular complexity index is 554. The zero-order valence-electron chi connectivity index (χ0n) is 11.1. The maximum Gasteiger partial charge on any atom is 0.311 e. The van der Waals surface area contributed by atoms with Gasteiger partial charge in [-0.25, -0.2) is 4.98 Å². The maximum absolute atomic E-state index is 10.8. The van der Waals surface area contributed by atoms with Crippen LogP contribution >= 0.6 is 11.6 Å². The third kappa shape index (κ3) is 4.52. The smallest absolute Gasteiger partial charge is 0.311 e. The highest BCUT2D eigenvalue weighted by atomic mass is 35.5. The molecule has 0 fully saturated rings. The SMILES string of the molecule is CC(=O)NCCC(O)C(O)c1cc([N+](=O)[O-])c(N)nc1Cl. The monoisotopic (exact) mass is 318 g/mol. The molecular formula is C11H15ClN4O5. The lowest BCUT2D eigenvalue weighted by molar-refractivity contribution is -0.384. The van der Waals surface area contributed by atoms with Gasteiger partial charge in [0.15, 0.2) is 0 Å². The summed E-state index contributed by atoms with van der Waals surface area (Å²) in [5, 5.41) is 32.8. The number of nitrogen functional groups attached to an aromatic ring is 1. The van der Waals surface area contributed by atoms with Crippen LogP contribution in [0.4, 0.5) is 11.5 Å². The fraction of sp³-hybridized carbons (Fsp3) is 0.455. The second-order valence-electron chi connectivity index (χ2n) is 4.31. The number of hydrogen-bond acceptors (Lipinski definition) is 7. The first-order chi connectivity index (χ1) is 9.73. The normalized spacial score (nSPS) is 13.5. The maximum atomic E-state index is 10.8. The van der Waals surface area contributed by atoms with E-state index in [1.54, 1.807) is 0 Å². The van der Waals surface area contributed by atoms with Gasteiger partial charge < -0.3 is 21.3 Å². The van der Waals surface area contributed by atoms with Crippen LogP contribution in [0, 0.1) is 10.1 Å². The molecule has 0 aromatic carbocycles. The first-order valence-corrected chi connectivity index (χ1v) is 6.32. The zero-order chi connectivity index (χ0) is 16.2. The fourth-order valence-corrected chi connectivity index (χ4v) is 1.88. The van der Waals surface area contributed by atoms with E-state index in [1.165, 1.54) is 6.92 Å². The van der Waals surface area contributed by atoms with Gasteiger partial charge >= 0.3 is 5.69 Å². The predicted molar refractivity (Wildman–Crippen MR) is 74.6 cm³/mol. The summed E-state index contributed by atoms with van der Waals surface area (Å²) < 4.78 is 0. The van der Waals surface area contributed by atoms with Crippen molar-refractivity contribution in [3.05, 3.63) is 26.9 Å². The van der Waals surface area contributed by atoms with E-state index in [4.69, 9.17) is 17.3 Å². The second-order valence-corrected chi connectivity index (χ2v) is 4.67. The summed E-state index contributed by atoms with van der Waals surface area (Å²) in [6.45, 7) is 1.45. The van der Waals surface area contributed by atoms with Gasteiger partial charge in [-0.15, -0.1) is 0 Å². The molecule has 2 atom stereocenters. The number of halogens is 1. The quantitative estimate of drug-likeness (QED) is 0.331. The Morgan fingerprint density at radius 3 is 2.76 bits per heavy atom. The third-order valence-electron chi connectivity index (χ3n) is 2.71. The summed E-state index contributed by atoms with van der Waals surface area (Å²) in [6, 6.07) is 0.969. The lowest BCUT2D eigenvalue weighted by Gasteiger charge is -2.19. The van der Waals surface area contributed by atoms with E-state index in [0.717, 1.165) is 6.07 Å². The van der Waals surface area contributed by atoms with Crippen LogP contribution in [0.2, 0.25) is 5.15 Å². The van der Waals surface area contributed by atoms with Gasteiger partial charge in [-0.2, -0.15) is 0 Å². The summed E-state index contributed by atoms with van der Waals surface area (Å²) in [4.78, 5) is 24.3. The summed E-state index contributed by atoms with van der Waals surface area (Å²) >= 11 is 5.78. The molecule has 116 valence electrons. The first-order valence-electron chi connectivity index (χ1n) is 5.95. The van der Waals surface area contributed by atoms with E-state index in [-0.39, 0.29) is 35.4 Å². The molecule has 1 aromatic heterocycles. The highest BCUT2D eigenvalue weighted by molar-refractivity contribution is 6.30. The molecule has 0 saturated heterocycles. The van der Waals surface area contributed by atoms with Gasteiger partial charge in [0.25, 0.3) is 0 Å². The Morgan fingerprint density at radius 2 is 2.24 bits per heavy atom. The van der Waals surface area contributed by atoms with Crippen LogP contribution in [-0.2, 0) is 4.79 Å². The number of hydrogen-bond donors (Lipinski definition) is 4. The van der Waals surface area contributed by atoms with Crippen molar-refractivity contribution in [2.24, 2.45) is 0 Å². The Balaban J connectivity index is 2.90. The minimum Gasteiger partial charge on any atom is -0.390 e. The summed E-state index contributed by atoms with van der Waals surface area (Å²) in [5.41, 5.74) is 4.74. The molecular weight excluding hydrogens is 304 g/mol. The molecule has 0 bridgehead atoms. The standard InChI is InChI=1S/C11H15ClN4O5/c1-5(17)14-3-2-8(18)9(19)6-4-7(16(20)21)11(13)15-10(6)12/h4,8-9,18-19H,2-3H2,1H3,(H2,13,15)(H,14,17). The fourth-order valence-electron chi connectivity index (χ4n) is 1.62. The lowest BCUT2D eigenvalue weighted by Crippen LogP contribution is -2.28. The van der Waals surface area contributed by atoms with Crippen molar-refractivity contribution in [1.29, 1.82) is 0 Å². The van der Waals surface area contributed by atoms with Crippen molar-refractivity contribution in [2.45, 2.75) is 25.6 Å². The van der Waals surface area contributed by atoms with Crippen LogP contribution in [-0.4, -0.2) is 38.7 Å². The van der Waals surface area contributed by atoms with Crippen molar-refractivity contribution in [1.82, 2.24) is 10.3 Å². The lowest BCUT2D eigenvalue weighted by atomic mass is 10.0. The van der Waals surface area contributed by atoms with E-state index in [0.29, 0.717) is 0 Å². The first kappa shape index (κ1) is 17.1. The van der Waals surface area contributed by atoms with Crippen LogP contribution < -0.4 is 11.1 Å². The molecule has 1 heterocycles. The molecule has 1 amide bonds. The number of nitrogens with one attached hydrogen (secondary N) is 1. The van der Waals surface area contributed by atoms with Crippen LogP contribution in [0.1, 0.15) is 25.0 Å². The summed E-state index contributed by atoms with van der Waals surface area (Å²) in [5.74, 6) is -0.659. The Morgan fingerprint density at radius 1 is 1.62 bits per heavy atom. The van der Waals surface area contributed by atoms with Crippen LogP contribution in [0.25, 0.3) is 0 Å². The van der Waals surface area contributed by atoms with Gasteiger partial charge in [-0.3, -0.25) is 14.9 Å². The topological polar surface area (TPSA) is 152 Å². The van der Waals surface area contributed by atoms with E-state index < -0.39 is 22.8 Å². The molecule has 21 heavy (non-hydrogen) atoms. The second kappa shape index (κ2) is 7.16. The number of aliphatic hydroxyl groups excluding tert-OH is 2. The van der Waals surface area contributed by atoms with Crippen LogP contribution in [0.3, 0.4) is 0 Å². The van der Waals surface area contributed by atoms with Crippen molar-refractivity contribution < 1.29 is 19.9 Å². The molecule has 2 unspecified atom stereocenters. The number of aromatic nitrogens is 1. The van der Waals surface area contributed by atoms with E-state index in [9.17, 15) is 25.1 Å². The number of pyridine rings is 1. The number of carbonyl (C=O) groups is 1. The minimum absolute atomic E-state index is 0.0370. The molecule has 0 aliphatic rings. The number of amides is 1. The third-order valence-corrected chi connectivity index (χ3v) is 3.01. The van der Waals surface area contributed by atoms with Gasteiger partial charge in [0, 0.05) is 25.1 Å². The predicted octanol–water partition coefficient (Wildman–Crippen LogP) is 0.146. The van der Waals surface area contributed by atoms with E-state index in [1.807, 2.05) is 0 Å². The van der Waals surface area contributed by atoms with Gasteiger partial charge in [0.05, 0.1) is 11.0 Å². The summed E-state index contributed by atoms with van der Waals surface area (Å²) in [7, 11) is 0. The molecule has 1 rings (SSSR count). The molecule has 0 aliphatic carbocycles. The van der Waals surface area contributed by atoms with Gasteiger partial charge in [-0.05, 0) is 6.42 Å². The van der Waals surface area contributed by atoms with E-state index in [2.05, 4.69) is 10.3 Å². The molecule has 0 spiro atoms. The molecule has 0 radical (unpaired) electrons. The Kier molecular flexibility index (Phi) is 5.82. The molecule has 10 heteroatoms. The summed E-state index contributed by atoms with van der Waals surface area (Å²) in [6.07, 6.45) is -2.73. The molecule has 0 saturated carbocycles. The Hall–Kier alpha value is -1.97. The van der Waals surface area contributed by atoms with Crippen LogP contribution in [0.5, 0.6) is 0 Å². The van der Waals surface area contributed by atoms with Crippen molar-refractivity contribution in [3.8, 4) is 0 Å². The number of rotatable bonds is 6. The zero-order valence-corrected chi connectivity index (χ0v) is 11.9. The van der Waals surface area contributed by atoms with Crippen LogP contribution in [0.15, 0.2) is 6.07 Å². The van der Waals surface area contributed by atoms with Crippen molar-refractivity contribution >= 4 is 29.0 Å². The van der Waals surface area contributed by atoms with Crippen molar-refractivity contribution in [2.75, 3.05) is 12.3 Å². The number of nitro groups is 1. The average Bonchev–Trinajstić information content (AvgIpc) is 2.37. The van der Waals surface area contributed by atoms with Gasteiger partial charge in [0.1, 0.15) is 11.3 Å². The number of nitrogens with zero attached hydrogens (tertiary/aromatic N) is 2. The van der Waals surface area contributed by atoms with Crippen molar-refractivity contribution in [3.63, 3.8) is 0 Å². The molecule has 1 aromatic rings. The largest absolute Gasteiger partial charge is 0.390 e. The highest BCUT2D eigenvalue weighted by Crippen LogP contribution is 2.31. The molecule has 5 N–H and O–H groups in total. The van der Waals surface area contributed by atoms with Gasteiger partial charge in [0.2, 0.25) is 11.7 Å². The number of anilines is 1. The van der Waals surface area contributed by atoms with Gasteiger partial charge in [-0.1, -0.05) is 11.6 Å². The van der Waals surface area contributed by atoms with E-state index >= 15 is 0 Å². The highest BCUT2D eigenvalue weighted by Gasteiger charge is 2.26. The number of carbonyl (C=O) groups excluding carboxylic acids is 1. The molecule has 0 aliphatic heterocycles. The minimum atomic E-state index is -1.49. The Labute approximate surface area is 124 Å². The number of nitrogens with two attached hydrogens (primary N) is 1.